The number of carbonyl (C=O) groups is 1. The molecule has 0 aliphatic heterocycles. The number of carbonyl (C=O) groups excluding carboxylic acids is 1. The van der Waals surface area contributed by atoms with E-state index in [1.165, 1.54) is 25.7 Å². The normalized spacial score (nSPS) is 23.9. The minimum Gasteiger partial charge on any atom is -0.343 e. The first-order valence-corrected chi connectivity index (χ1v) is 7.49. The molecule has 1 rings (SSSR count). The number of likely N-dealkylation sites (N-methyl/N-ethyl adjacent to an activating group) is 3. The van der Waals surface area contributed by atoms with Crippen LogP contribution >= 0.6 is 0 Å². The molecule has 0 aromatic carbocycles. The standard InChI is InChI=1S/C15H31N3O/c1-13-6-8-14(9-7-13)17(4)10-11-18(5)15(19)12-16(2)3/h13-14H,6-12H2,1-5H3/t13-,14-. The van der Waals surface area contributed by atoms with E-state index in [4.69, 9.17) is 0 Å². The van der Waals surface area contributed by atoms with Crippen molar-refractivity contribution >= 4 is 5.91 Å². The molecule has 0 bridgehead atoms. The lowest BCUT2D eigenvalue weighted by molar-refractivity contribution is -0.130. The molecule has 1 amide bonds. The van der Waals surface area contributed by atoms with Gasteiger partial charge < -0.3 is 14.7 Å². The molecule has 112 valence electrons. The molecule has 0 radical (unpaired) electrons. The van der Waals surface area contributed by atoms with Gasteiger partial charge in [0, 0.05) is 26.2 Å². The smallest absolute Gasteiger partial charge is 0.236 e. The van der Waals surface area contributed by atoms with Crippen LogP contribution in [0.3, 0.4) is 0 Å². The molecule has 0 heterocycles. The van der Waals surface area contributed by atoms with Crippen LogP contribution in [0.25, 0.3) is 0 Å². The van der Waals surface area contributed by atoms with E-state index in [1.807, 2.05) is 30.9 Å². The fraction of sp³-hybridized carbons (Fsp3) is 0.933. The number of hydrogen-bond acceptors (Lipinski definition) is 3. The van der Waals surface area contributed by atoms with Crippen molar-refractivity contribution in [3.63, 3.8) is 0 Å². The Morgan fingerprint density at radius 3 is 2.11 bits per heavy atom. The van der Waals surface area contributed by atoms with E-state index in [1.54, 1.807) is 0 Å². The first-order valence-electron chi connectivity index (χ1n) is 7.49. The second-order valence-corrected chi connectivity index (χ2v) is 6.45. The molecule has 0 N–H and O–H groups in total. The summed E-state index contributed by atoms with van der Waals surface area (Å²) in [6.07, 6.45) is 5.33. The van der Waals surface area contributed by atoms with Gasteiger partial charge in [0.15, 0.2) is 0 Å². The van der Waals surface area contributed by atoms with Gasteiger partial charge in [-0.2, -0.15) is 0 Å². The first-order chi connectivity index (χ1) is 8.90. The van der Waals surface area contributed by atoms with Crippen molar-refractivity contribution in [2.45, 2.75) is 38.6 Å². The van der Waals surface area contributed by atoms with Crippen molar-refractivity contribution < 1.29 is 4.79 Å². The van der Waals surface area contributed by atoms with Crippen LogP contribution in [0.5, 0.6) is 0 Å². The summed E-state index contributed by atoms with van der Waals surface area (Å²) < 4.78 is 0. The predicted molar refractivity (Wildman–Crippen MR) is 80.2 cm³/mol. The molecule has 4 nitrogen and oxygen atoms in total. The monoisotopic (exact) mass is 269 g/mol. The highest BCUT2D eigenvalue weighted by molar-refractivity contribution is 5.77. The van der Waals surface area contributed by atoms with Crippen molar-refractivity contribution in [3.8, 4) is 0 Å². The maximum Gasteiger partial charge on any atom is 0.236 e. The van der Waals surface area contributed by atoms with Crippen LogP contribution in [0.2, 0.25) is 0 Å². The van der Waals surface area contributed by atoms with Crippen molar-refractivity contribution in [2.24, 2.45) is 5.92 Å². The summed E-state index contributed by atoms with van der Waals surface area (Å²) in [5, 5.41) is 0. The first kappa shape index (κ1) is 16.4. The molecule has 4 heteroatoms. The Balaban J connectivity index is 2.25. The fourth-order valence-corrected chi connectivity index (χ4v) is 2.69. The Morgan fingerprint density at radius 2 is 1.58 bits per heavy atom. The van der Waals surface area contributed by atoms with Gasteiger partial charge in [-0.15, -0.1) is 0 Å². The Morgan fingerprint density at radius 1 is 1.00 bits per heavy atom. The number of rotatable bonds is 6. The molecular weight excluding hydrogens is 238 g/mol. The summed E-state index contributed by atoms with van der Waals surface area (Å²) in [5.74, 6) is 1.10. The minimum absolute atomic E-state index is 0.204. The molecule has 0 aromatic rings. The van der Waals surface area contributed by atoms with Crippen molar-refractivity contribution in [3.05, 3.63) is 0 Å². The van der Waals surface area contributed by atoms with Gasteiger partial charge in [0.1, 0.15) is 0 Å². The van der Waals surface area contributed by atoms with Gasteiger partial charge in [0.25, 0.3) is 0 Å². The number of nitrogens with zero attached hydrogens (tertiary/aromatic N) is 3. The highest BCUT2D eigenvalue weighted by atomic mass is 16.2. The molecule has 1 saturated carbocycles. The van der Waals surface area contributed by atoms with Crippen LogP contribution < -0.4 is 0 Å². The lowest BCUT2D eigenvalue weighted by Gasteiger charge is -2.34. The minimum atomic E-state index is 0.204. The fourth-order valence-electron chi connectivity index (χ4n) is 2.69. The summed E-state index contributed by atoms with van der Waals surface area (Å²) in [5.41, 5.74) is 0. The van der Waals surface area contributed by atoms with E-state index in [2.05, 4.69) is 18.9 Å². The van der Waals surface area contributed by atoms with E-state index in [9.17, 15) is 4.79 Å². The van der Waals surface area contributed by atoms with E-state index < -0.39 is 0 Å². The molecule has 0 unspecified atom stereocenters. The molecular formula is C15H31N3O. The molecule has 0 aromatic heterocycles. The van der Waals surface area contributed by atoms with E-state index in [0.29, 0.717) is 12.6 Å². The molecule has 0 spiro atoms. The summed E-state index contributed by atoms with van der Waals surface area (Å²) in [7, 11) is 7.97. The maximum absolute atomic E-state index is 11.9. The van der Waals surface area contributed by atoms with E-state index >= 15 is 0 Å². The van der Waals surface area contributed by atoms with Gasteiger partial charge in [0.2, 0.25) is 5.91 Å². The van der Waals surface area contributed by atoms with Gasteiger partial charge in [-0.1, -0.05) is 6.92 Å². The van der Waals surface area contributed by atoms with Crippen LogP contribution in [0.1, 0.15) is 32.6 Å². The predicted octanol–water partition coefficient (Wildman–Crippen LogP) is 1.52. The van der Waals surface area contributed by atoms with Crippen LogP contribution in [0.15, 0.2) is 0 Å². The zero-order valence-corrected chi connectivity index (χ0v) is 13.4. The third-order valence-electron chi connectivity index (χ3n) is 4.27. The van der Waals surface area contributed by atoms with Gasteiger partial charge >= 0.3 is 0 Å². The van der Waals surface area contributed by atoms with E-state index in [0.717, 1.165) is 19.0 Å². The van der Waals surface area contributed by atoms with Crippen LogP contribution in [0.4, 0.5) is 0 Å². The average Bonchev–Trinajstić information content (AvgIpc) is 2.35. The SMILES string of the molecule is CN(C)CC(=O)N(C)CCN(C)[C@H]1CC[C@H](C)CC1. The maximum atomic E-state index is 11.9. The zero-order valence-electron chi connectivity index (χ0n) is 13.4. The van der Waals surface area contributed by atoms with Crippen molar-refractivity contribution in [2.75, 3.05) is 47.8 Å². The Labute approximate surface area is 118 Å². The third-order valence-corrected chi connectivity index (χ3v) is 4.27. The summed E-state index contributed by atoms with van der Waals surface area (Å²) in [6, 6.07) is 0.716. The Bertz CT molecular complexity index is 273. The second-order valence-electron chi connectivity index (χ2n) is 6.45. The van der Waals surface area contributed by atoms with Crippen LogP contribution in [0, 0.1) is 5.92 Å². The zero-order chi connectivity index (χ0) is 14.4. The summed E-state index contributed by atoms with van der Waals surface area (Å²) in [4.78, 5) is 18.1. The second kappa shape index (κ2) is 7.85. The lowest BCUT2D eigenvalue weighted by Crippen LogP contribution is -2.42. The van der Waals surface area contributed by atoms with Crippen LogP contribution in [-0.2, 0) is 4.79 Å². The molecule has 0 atom stereocenters. The largest absolute Gasteiger partial charge is 0.343 e. The molecule has 1 aliphatic carbocycles. The van der Waals surface area contributed by atoms with E-state index in [-0.39, 0.29) is 5.91 Å². The van der Waals surface area contributed by atoms with Gasteiger partial charge in [-0.05, 0) is 52.7 Å². The van der Waals surface area contributed by atoms with Crippen molar-refractivity contribution in [1.29, 1.82) is 0 Å². The Kier molecular flexibility index (Phi) is 6.80. The molecule has 1 aliphatic rings. The highest BCUT2D eigenvalue weighted by Crippen LogP contribution is 2.26. The number of hydrogen-bond donors (Lipinski definition) is 0. The van der Waals surface area contributed by atoms with Crippen LogP contribution in [-0.4, -0.2) is 74.5 Å². The lowest BCUT2D eigenvalue weighted by atomic mass is 9.87. The molecule has 1 fully saturated rings. The van der Waals surface area contributed by atoms with Gasteiger partial charge in [0.05, 0.1) is 6.54 Å². The highest BCUT2D eigenvalue weighted by Gasteiger charge is 2.21. The quantitative estimate of drug-likeness (QED) is 0.731. The summed E-state index contributed by atoms with van der Waals surface area (Å²) in [6.45, 7) is 4.66. The van der Waals surface area contributed by atoms with Crippen molar-refractivity contribution in [1.82, 2.24) is 14.7 Å². The summed E-state index contributed by atoms with van der Waals surface area (Å²) >= 11 is 0. The third kappa shape index (κ3) is 5.91. The average molecular weight is 269 g/mol. The molecule has 19 heavy (non-hydrogen) atoms. The Hall–Kier alpha value is -0.610. The number of amides is 1. The topological polar surface area (TPSA) is 26.8 Å². The van der Waals surface area contributed by atoms with Gasteiger partial charge in [-0.25, -0.2) is 0 Å². The molecule has 0 saturated heterocycles. The van der Waals surface area contributed by atoms with Gasteiger partial charge in [-0.3, -0.25) is 4.79 Å².